The molecule has 6 heteroatoms. The Morgan fingerprint density at radius 2 is 1.65 bits per heavy atom. The summed E-state index contributed by atoms with van der Waals surface area (Å²) in [6, 6.07) is 19.2. The van der Waals surface area contributed by atoms with E-state index in [0.717, 1.165) is 39.0 Å². The molecule has 1 heterocycles. The Morgan fingerprint density at radius 3 is 2.29 bits per heavy atom. The monoisotopic (exact) mass is 423 g/mol. The van der Waals surface area contributed by atoms with E-state index in [1.54, 1.807) is 0 Å². The fourth-order valence-electron chi connectivity index (χ4n) is 3.98. The number of likely N-dealkylation sites (N-methyl/N-ethyl adjacent to an activating group) is 1. The van der Waals surface area contributed by atoms with Gasteiger partial charge in [0.15, 0.2) is 0 Å². The minimum atomic E-state index is -0.0860. The normalized spacial score (nSPS) is 16.0. The maximum atomic E-state index is 12.4. The van der Waals surface area contributed by atoms with Crippen molar-refractivity contribution in [1.29, 1.82) is 0 Å². The number of piperazine rings is 1. The van der Waals surface area contributed by atoms with Gasteiger partial charge in [-0.05, 0) is 43.1 Å². The Morgan fingerprint density at radius 1 is 0.968 bits per heavy atom. The van der Waals surface area contributed by atoms with Crippen LogP contribution in [0, 0.1) is 0 Å². The zero-order chi connectivity index (χ0) is 22.1. The van der Waals surface area contributed by atoms with Crippen molar-refractivity contribution in [3.05, 3.63) is 65.7 Å². The summed E-state index contributed by atoms with van der Waals surface area (Å²) in [6.07, 6.45) is 1.91. The number of hydrogen-bond acceptors (Lipinski definition) is 4. The highest BCUT2D eigenvalue weighted by Gasteiger charge is 2.24. The molecule has 1 aliphatic rings. The highest BCUT2D eigenvalue weighted by Crippen LogP contribution is 2.24. The van der Waals surface area contributed by atoms with Gasteiger partial charge in [0.1, 0.15) is 0 Å². The van der Waals surface area contributed by atoms with E-state index in [2.05, 4.69) is 95.0 Å². The molecule has 2 N–H and O–H groups in total. The van der Waals surface area contributed by atoms with Gasteiger partial charge in [-0.2, -0.15) is 0 Å². The van der Waals surface area contributed by atoms with Crippen LogP contribution in [0.1, 0.15) is 23.6 Å². The zero-order valence-corrected chi connectivity index (χ0v) is 19.2. The van der Waals surface area contributed by atoms with Gasteiger partial charge in [0.2, 0.25) is 0 Å². The third kappa shape index (κ3) is 7.26. The van der Waals surface area contributed by atoms with Gasteiger partial charge in [0.25, 0.3) is 0 Å². The summed E-state index contributed by atoms with van der Waals surface area (Å²) < 4.78 is 0. The average molecular weight is 424 g/mol. The molecule has 1 atom stereocenters. The number of anilines is 1. The van der Waals surface area contributed by atoms with Crippen LogP contribution >= 0.6 is 0 Å². The van der Waals surface area contributed by atoms with E-state index >= 15 is 0 Å². The standard InChI is InChI=1S/C25H37N5O/c1-28(2)23-13-11-22(12-14-23)24(30-18-16-29(3)17-19-30)20-27-25(31)26-15-7-10-21-8-5-4-6-9-21/h4-6,8-9,11-14,24H,7,10,15-20H2,1-3H3,(H2,26,27,31)/t24-/m0/s1. The van der Waals surface area contributed by atoms with Crippen LogP contribution in [-0.4, -0.2) is 76.2 Å². The minimum Gasteiger partial charge on any atom is -0.378 e. The number of nitrogens with one attached hydrogen (secondary N) is 2. The molecule has 1 aliphatic heterocycles. The van der Waals surface area contributed by atoms with Crippen molar-refractivity contribution in [2.24, 2.45) is 0 Å². The molecule has 0 spiro atoms. The molecular weight excluding hydrogens is 386 g/mol. The average Bonchev–Trinajstić information content (AvgIpc) is 2.79. The van der Waals surface area contributed by atoms with Crippen molar-refractivity contribution < 1.29 is 4.79 Å². The fourth-order valence-corrected chi connectivity index (χ4v) is 3.98. The first-order valence-electron chi connectivity index (χ1n) is 11.3. The number of carbonyl (C=O) groups excluding carboxylic acids is 1. The van der Waals surface area contributed by atoms with E-state index in [4.69, 9.17) is 0 Å². The Labute approximate surface area is 187 Å². The molecule has 0 aliphatic carbocycles. The van der Waals surface area contributed by atoms with Crippen LogP contribution in [0.5, 0.6) is 0 Å². The van der Waals surface area contributed by atoms with Gasteiger partial charge in [-0.1, -0.05) is 42.5 Å². The molecule has 3 rings (SSSR count). The second kappa shape index (κ2) is 11.7. The smallest absolute Gasteiger partial charge is 0.314 e. The van der Waals surface area contributed by atoms with Crippen LogP contribution in [-0.2, 0) is 6.42 Å². The van der Waals surface area contributed by atoms with E-state index in [1.807, 2.05) is 6.07 Å². The third-order valence-electron chi connectivity index (χ3n) is 6.00. The Hall–Kier alpha value is -2.57. The van der Waals surface area contributed by atoms with Crippen LogP contribution in [0.25, 0.3) is 0 Å². The third-order valence-corrected chi connectivity index (χ3v) is 6.00. The molecule has 31 heavy (non-hydrogen) atoms. The largest absolute Gasteiger partial charge is 0.378 e. The van der Waals surface area contributed by atoms with E-state index in [1.165, 1.54) is 16.8 Å². The number of nitrogens with zero attached hydrogens (tertiary/aromatic N) is 3. The Kier molecular flexibility index (Phi) is 8.74. The van der Waals surface area contributed by atoms with Gasteiger partial charge in [0, 0.05) is 59.1 Å². The molecule has 0 unspecified atom stereocenters. The van der Waals surface area contributed by atoms with E-state index in [-0.39, 0.29) is 12.1 Å². The van der Waals surface area contributed by atoms with Crippen molar-refractivity contribution in [2.45, 2.75) is 18.9 Å². The first-order valence-corrected chi connectivity index (χ1v) is 11.3. The second-order valence-electron chi connectivity index (χ2n) is 8.57. The molecule has 1 saturated heterocycles. The lowest BCUT2D eigenvalue weighted by molar-refractivity contribution is 0.111. The van der Waals surface area contributed by atoms with Crippen LogP contribution < -0.4 is 15.5 Å². The van der Waals surface area contributed by atoms with Crippen molar-refractivity contribution in [2.75, 3.05) is 65.3 Å². The van der Waals surface area contributed by atoms with Gasteiger partial charge in [0.05, 0.1) is 6.04 Å². The van der Waals surface area contributed by atoms with E-state index < -0.39 is 0 Å². The van der Waals surface area contributed by atoms with Gasteiger partial charge < -0.3 is 20.4 Å². The number of rotatable bonds is 9. The molecule has 168 valence electrons. The topological polar surface area (TPSA) is 50.9 Å². The lowest BCUT2D eigenvalue weighted by Crippen LogP contribution is -2.49. The molecule has 2 aromatic rings. The highest BCUT2D eigenvalue weighted by atomic mass is 16.2. The van der Waals surface area contributed by atoms with Crippen molar-refractivity contribution in [3.8, 4) is 0 Å². The maximum absolute atomic E-state index is 12.4. The van der Waals surface area contributed by atoms with Crippen molar-refractivity contribution in [1.82, 2.24) is 20.4 Å². The summed E-state index contributed by atoms with van der Waals surface area (Å²) in [4.78, 5) is 19.4. The Bertz CT molecular complexity index is 785. The number of benzene rings is 2. The van der Waals surface area contributed by atoms with Gasteiger partial charge in [-0.15, -0.1) is 0 Å². The number of urea groups is 1. The summed E-state index contributed by atoms with van der Waals surface area (Å²) in [6.45, 7) is 5.41. The lowest BCUT2D eigenvalue weighted by Gasteiger charge is -2.38. The molecule has 2 amide bonds. The summed E-state index contributed by atoms with van der Waals surface area (Å²) in [5.74, 6) is 0. The number of carbonyl (C=O) groups is 1. The lowest BCUT2D eigenvalue weighted by atomic mass is 10.0. The van der Waals surface area contributed by atoms with Crippen LogP contribution in [0.3, 0.4) is 0 Å². The summed E-state index contributed by atoms with van der Waals surface area (Å²) in [7, 11) is 6.27. The van der Waals surface area contributed by atoms with E-state index in [9.17, 15) is 4.79 Å². The molecule has 0 radical (unpaired) electrons. The molecular formula is C25H37N5O. The quantitative estimate of drug-likeness (QED) is 0.609. The van der Waals surface area contributed by atoms with Crippen molar-refractivity contribution in [3.63, 3.8) is 0 Å². The van der Waals surface area contributed by atoms with Gasteiger partial charge >= 0.3 is 6.03 Å². The molecule has 0 bridgehead atoms. The summed E-state index contributed by atoms with van der Waals surface area (Å²) in [5, 5.41) is 6.12. The Balaban J connectivity index is 1.52. The summed E-state index contributed by atoms with van der Waals surface area (Å²) >= 11 is 0. The first kappa shape index (κ1) is 23.1. The number of hydrogen-bond donors (Lipinski definition) is 2. The highest BCUT2D eigenvalue weighted by molar-refractivity contribution is 5.73. The maximum Gasteiger partial charge on any atom is 0.314 e. The zero-order valence-electron chi connectivity index (χ0n) is 19.2. The molecule has 6 nitrogen and oxygen atoms in total. The van der Waals surface area contributed by atoms with Gasteiger partial charge in [-0.25, -0.2) is 4.79 Å². The molecule has 0 saturated carbocycles. The minimum absolute atomic E-state index is 0.0860. The summed E-state index contributed by atoms with van der Waals surface area (Å²) in [5.41, 5.74) is 3.74. The SMILES string of the molecule is CN1CCN([C@@H](CNC(=O)NCCCc2ccccc2)c2ccc(N(C)C)cc2)CC1. The predicted molar refractivity (Wildman–Crippen MR) is 129 cm³/mol. The van der Waals surface area contributed by atoms with Gasteiger partial charge in [-0.3, -0.25) is 4.90 Å². The molecule has 1 fully saturated rings. The van der Waals surface area contributed by atoms with E-state index in [0.29, 0.717) is 13.1 Å². The van der Waals surface area contributed by atoms with Crippen molar-refractivity contribution >= 4 is 11.7 Å². The fraction of sp³-hybridized carbons (Fsp3) is 0.480. The van der Waals surface area contributed by atoms with Crippen LogP contribution in [0.15, 0.2) is 54.6 Å². The first-order chi connectivity index (χ1) is 15.0. The number of aryl methyl sites for hydroxylation is 1. The van der Waals surface area contributed by atoms with Crippen LogP contribution in [0.4, 0.5) is 10.5 Å². The predicted octanol–water partition coefficient (Wildman–Crippen LogP) is 2.97. The number of amides is 2. The molecule has 0 aromatic heterocycles. The van der Waals surface area contributed by atoms with Crippen LogP contribution in [0.2, 0.25) is 0 Å². The second-order valence-corrected chi connectivity index (χ2v) is 8.57. The molecule has 2 aromatic carbocycles.